The number of carbonyl (C=O) groups excluding carboxylic acids is 1. The number of fused-ring (bicyclic) bond motifs is 1. The highest BCUT2D eigenvalue weighted by Crippen LogP contribution is 2.29. The smallest absolute Gasteiger partial charge is 0.197 e. The maximum atomic E-state index is 14.1. The molecule has 100 valence electrons. The molecular weight excluding hydrogens is 365 g/mol. The molecule has 0 bridgehead atoms. The summed E-state index contributed by atoms with van der Waals surface area (Å²) in [5.41, 5.74) is 1.11. The Kier molecular flexibility index (Phi) is 3.58. The number of ketones is 1. The molecule has 0 atom stereocenters. The van der Waals surface area contributed by atoms with Crippen LogP contribution >= 0.6 is 38.9 Å². The van der Waals surface area contributed by atoms with Crippen LogP contribution in [0.3, 0.4) is 0 Å². The van der Waals surface area contributed by atoms with E-state index < -0.39 is 11.6 Å². The Labute approximate surface area is 131 Å². The molecule has 0 saturated carbocycles. The molecule has 0 aliphatic rings. The SMILES string of the molecule is O=C(c1cnc2ccsc2c1)c1ccc(Br)c(Cl)c1F. The zero-order valence-electron chi connectivity index (χ0n) is 9.86. The Morgan fingerprint density at radius 1 is 1.35 bits per heavy atom. The number of nitrogens with zero attached hydrogens (tertiary/aromatic N) is 1. The number of hydrogen-bond acceptors (Lipinski definition) is 3. The molecule has 2 nitrogen and oxygen atoms in total. The second kappa shape index (κ2) is 5.24. The Morgan fingerprint density at radius 3 is 2.95 bits per heavy atom. The highest BCUT2D eigenvalue weighted by atomic mass is 79.9. The van der Waals surface area contributed by atoms with E-state index in [9.17, 15) is 9.18 Å². The number of hydrogen-bond donors (Lipinski definition) is 0. The molecule has 20 heavy (non-hydrogen) atoms. The molecular formula is C14H6BrClFNOS. The summed E-state index contributed by atoms with van der Waals surface area (Å²) in [4.78, 5) is 16.5. The van der Waals surface area contributed by atoms with Crippen molar-refractivity contribution in [1.82, 2.24) is 4.98 Å². The van der Waals surface area contributed by atoms with Crippen molar-refractivity contribution in [3.8, 4) is 0 Å². The van der Waals surface area contributed by atoms with Crippen LogP contribution in [0.15, 0.2) is 40.3 Å². The van der Waals surface area contributed by atoms with Crippen LogP contribution in [-0.2, 0) is 0 Å². The van der Waals surface area contributed by atoms with Gasteiger partial charge in [-0.3, -0.25) is 9.78 Å². The first-order valence-corrected chi connectivity index (χ1v) is 7.64. The molecule has 1 aromatic carbocycles. The monoisotopic (exact) mass is 369 g/mol. The predicted molar refractivity (Wildman–Crippen MR) is 82.2 cm³/mol. The Morgan fingerprint density at radius 2 is 2.15 bits per heavy atom. The lowest BCUT2D eigenvalue weighted by molar-refractivity contribution is 0.103. The number of benzene rings is 1. The maximum absolute atomic E-state index is 14.1. The van der Waals surface area contributed by atoms with Gasteiger partial charge in [0.15, 0.2) is 11.6 Å². The second-order valence-corrected chi connectivity index (χ2v) is 6.26. The van der Waals surface area contributed by atoms with Crippen molar-refractivity contribution in [2.45, 2.75) is 0 Å². The van der Waals surface area contributed by atoms with Crippen LogP contribution in [0, 0.1) is 5.82 Å². The van der Waals surface area contributed by atoms with Crippen LogP contribution in [0.2, 0.25) is 5.02 Å². The average molecular weight is 371 g/mol. The summed E-state index contributed by atoms with van der Waals surface area (Å²) >= 11 is 10.4. The van der Waals surface area contributed by atoms with Gasteiger partial charge in [-0.25, -0.2) is 4.39 Å². The molecule has 0 N–H and O–H groups in total. The molecule has 0 radical (unpaired) electrons. The first-order valence-electron chi connectivity index (χ1n) is 5.59. The molecule has 2 heterocycles. The van der Waals surface area contributed by atoms with Gasteiger partial charge in [-0.05, 0) is 45.6 Å². The largest absolute Gasteiger partial charge is 0.288 e. The van der Waals surface area contributed by atoms with E-state index in [1.165, 1.54) is 23.6 Å². The van der Waals surface area contributed by atoms with Crippen molar-refractivity contribution in [2.75, 3.05) is 0 Å². The Hall–Kier alpha value is -1.30. The molecule has 0 aliphatic carbocycles. The summed E-state index contributed by atoms with van der Waals surface area (Å²) in [6.45, 7) is 0. The van der Waals surface area contributed by atoms with Gasteiger partial charge in [-0.2, -0.15) is 0 Å². The highest BCUT2D eigenvalue weighted by Gasteiger charge is 2.18. The first kappa shape index (κ1) is 13.7. The second-order valence-electron chi connectivity index (χ2n) is 4.08. The molecule has 0 saturated heterocycles. The molecule has 2 aromatic heterocycles. The van der Waals surface area contributed by atoms with Crippen molar-refractivity contribution in [1.29, 1.82) is 0 Å². The van der Waals surface area contributed by atoms with Crippen molar-refractivity contribution in [3.05, 3.63) is 62.3 Å². The number of aromatic nitrogens is 1. The number of rotatable bonds is 2. The zero-order chi connectivity index (χ0) is 14.3. The highest BCUT2D eigenvalue weighted by molar-refractivity contribution is 9.10. The molecule has 6 heteroatoms. The third-order valence-electron chi connectivity index (χ3n) is 2.84. The summed E-state index contributed by atoms with van der Waals surface area (Å²) in [5.74, 6) is -1.16. The summed E-state index contributed by atoms with van der Waals surface area (Å²) < 4.78 is 15.4. The Bertz CT molecular complexity index is 833. The van der Waals surface area contributed by atoms with E-state index in [1.807, 2.05) is 11.4 Å². The van der Waals surface area contributed by atoms with Gasteiger partial charge in [0.2, 0.25) is 0 Å². The normalized spacial score (nSPS) is 10.9. The van der Waals surface area contributed by atoms with E-state index in [2.05, 4.69) is 20.9 Å². The predicted octanol–water partition coefficient (Wildman–Crippen LogP) is 5.08. The molecule has 3 aromatic rings. The van der Waals surface area contributed by atoms with Gasteiger partial charge in [-0.1, -0.05) is 11.6 Å². The lowest BCUT2D eigenvalue weighted by Crippen LogP contribution is -2.05. The molecule has 0 amide bonds. The van der Waals surface area contributed by atoms with Crippen molar-refractivity contribution >= 4 is 54.9 Å². The zero-order valence-corrected chi connectivity index (χ0v) is 13.0. The fourth-order valence-electron chi connectivity index (χ4n) is 1.83. The molecule has 3 rings (SSSR count). The lowest BCUT2D eigenvalue weighted by Gasteiger charge is -2.05. The third-order valence-corrected chi connectivity index (χ3v) is 4.96. The van der Waals surface area contributed by atoms with Crippen LogP contribution < -0.4 is 0 Å². The van der Waals surface area contributed by atoms with Crippen LogP contribution in [-0.4, -0.2) is 10.8 Å². The van der Waals surface area contributed by atoms with Crippen LogP contribution in [0.25, 0.3) is 10.2 Å². The first-order chi connectivity index (χ1) is 9.58. The van der Waals surface area contributed by atoms with Crippen LogP contribution in [0.1, 0.15) is 15.9 Å². The fourth-order valence-corrected chi connectivity index (χ4v) is 3.08. The van der Waals surface area contributed by atoms with E-state index in [1.54, 1.807) is 12.1 Å². The van der Waals surface area contributed by atoms with E-state index in [4.69, 9.17) is 11.6 Å². The average Bonchev–Trinajstić information content (AvgIpc) is 2.91. The minimum atomic E-state index is -0.725. The molecule has 0 spiro atoms. The van der Waals surface area contributed by atoms with Crippen LogP contribution in [0.5, 0.6) is 0 Å². The van der Waals surface area contributed by atoms with Gasteiger partial charge < -0.3 is 0 Å². The molecule has 0 fully saturated rings. The quantitative estimate of drug-likeness (QED) is 0.465. The topological polar surface area (TPSA) is 30.0 Å². The molecule has 0 aliphatic heterocycles. The molecule has 0 unspecified atom stereocenters. The Balaban J connectivity index is 2.10. The maximum Gasteiger partial charge on any atom is 0.197 e. The minimum absolute atomic E-state index is 0.0593. The number of halogens is 3. The lowest BCUT2D eigenvalue weighted by atomic mass is 10.0. The van der Waals surface area contributed by atoms with Crippen molar-refractivity contribution < 1.29 is 9.18 Å². The summed E-state index contributed by atoms with van der Waals surface area (Å²) in [6, 6.07) is 6.54. The van der Waals surface area contributed by atoms with Gasteiger partial charge in [-0.15, -0.1) is 11.3 Å². The number of carbonyl (C=O) groups is 1. The van der Waals surface area contributed by atoms with Crippen LogP contribution in [0.4, 0.5) is 4.39 Å². The summed E-state index contributed by atoms with van der Waals surface area (Å²) in [6.07, 6.45) is 1.45. The van der Waals surface area contributed by atoms with Crippen molar-refractivity contribution in [3.63, 3.8) is 0 Å². The van der Waals surface area contributed by atoms with Gasteiger partial charge in [0, 0.05) is 16.2 Å². The fraction of sp³-hybridized carbons (Fsp3) is 0. The standard InChI is InChI=1S/C14H6BrClFNOS/c15-9-2-1-8(13(17)12(9)16)14(19)7-5-11-10(18-6-7)3-4-20-11/h1-6H. The van der Waals surface area contributed by atoms with Gasteiger partial charge in [0.25, 0.3) is 0 Å². The number of pyridine rings is 1. The van der Waals surface area contributed by atoms with Gasteiger partial charge >= 0.3 is 0 Å². The van der Waals surface area contributed by atoms with Gasteiger partial charge in [0.05, 0.1) is 20.8 Å². The summed E-state index contributed by atoms with van der Waals surface area (Å²) in [5, 5.41) is 1.80. The summed E-state index contributed by atoms with van der Waals surface area (Å²) in [7, 11) is 0. The van der Waals surface area contributed by atoms with Gasteiger partial charge in [0.1, 0.15) is 0 Å². The van der Waals surface area contributed by atoms with E-state index in [-0.39, 0.29) is 10.6 Å². The van der Waals surface area contributed by atoms with E-state index in [0.29, 0.717) is 10.0 Å². The van der Waals surface area contributed by atoms with Crippen molar-refractivity contribution in [2.24, 2.45) is 0 Å². The minimum Gasteiger partial charge on any atom is -0.288 e. The van der Waals surface area contributed by atoms with E-state index in [0.717, 1.165) is 10.2 Å². The third kappa shape index (κ3) is 2.26. The number of thiophene rings is 1. The van der Waals surface area contributed by atoms with E-state index >= 15 is 0 Å².